The van der Waals surface area contributed by atoms with Crippen molar-refractivity contribution in [2.75, 3.05) is 0 Å². The van der Waals surface area contributed by atoms with Crippen molar-refractivity contribution in [3.63, 3.8) is 0 Å². The third-order valence-electron chi connectivity index (χ3n) is 16.9. The monoisotopic (exact) mass is 620 g/mol. The van der Waals surface area contributed by atoms with E-state index in [1.54, 1.807) is 0 Å². The standard InChI is InChI=1S/C20H30O3.C19H26O3/c1-17-8-7-15-14-4-5-16(22)18(14,2)10-11-20(15,23)19(17,3)9-6-13(21)12-17;1-17-9-10-19(22)15(14(17)5-6-16(17)21)4-3-12-11-13(20)7-8-18(12,19)2/h14-15,23H,4-12H2,1-3H3;11,14-15,22H,3-10H2,1-2H3/t14-,15-,17+,18-,19-,20+;14-,15-,17-,18-,19+/m00/s1. The van der Waals surface area contributed by atoms with E-state index in [1.807, 2.05) is 6.08 Å². The molecule has 0 aromatic rings. The predicted octanol–water partition coefficient (Wildman–Crippen LogP) is 6.87. The number of carbonyl (C=O) groups is 4. The van der Waals surface area contributed by atoms with Crippen LogP contribution in [0.15, 0.2) is 11.6 Å². The lowest BCUT2D eigenvalue weighted by Gasteiger charge is -2.67. The molecule has 0 saturated heterocycles. The van der Waals surface area contributed by atoms with E-state index < -0.39 is 11.2 Å². The second-order valence-electron chi connectivity index (χ2n) is 18.2. The Labute approximate surface area is 269 Å². The summed E-state index contributed by atoms with van der Waals surface area (Å²) in [5, 5.41) is 23.6. The first kappa shape index (κ1) is 31.9. The Hall–Kier alpha value is -1.66. The highest BCUT2D eigenvalue weighted by Gasteiger charge is 2.70. The van der Waals surface area contributed by atoms with Crippen molar-refractivity contribution in [2.45, 2.75) is 155 Å². The van der Waals surface area contributed by atoms with Crippen molar-refractivity contribution in [1.29, 1.82) is 0 Å². The van der Waals surface area contributed by atoms with Crippen LogP contribution in [0.5, 0.6) is 0 Å². The van der Waals surface area contributed by atoms with Gasteiger partial charge in [-0.15, -0.1) is 0 Å². The van der Waals surface area contributed by atoms with Gasteiger partial charge in [-0.25, -0.2) is 0 Å². The highest BCUT2D eigenvalue weighted by Crippen LogP contribution is 2.71. The normalized spacial score (nSPS) is 53.5. The molecule has 0 spiro atoms. The van der Waals surface area contributed by atoms with E-state index in [2.05, 4.69) is 34.6 Å². The van der Waals surface area contributed by atoms with Crippen LogP contribution in [-0.4, -0.2) is 44.5 Å². The van der Waals surface area contributed by atoms with E-state index in [9.17, 15) is 29.4 Å². The third-order valence-corrected chi connectivity index (χ3v) is 16.9. The SMILES string of the molecule is C[C@]12CCC(=O)C=C1CC[C@H]1[C@@H]3CCC(=O)[C@@]3(C)CC[C@@]12O.C[C@]12CC[C@H]3[C@@H]4CCC(=O)[C@@]4(C)CC[C@]3(O)[C@@]1(C)CCC(=O)C2. The Morgan fingerprint density at radius 1 is 0.578 bits per heavy atom. The molecule has 7 saturated carbocycles. The van der Waals surface area contributed by atoms with Crippen molar-refractivity contribution in [2.24, 2.45) is 50.7 Å². The molecule has 0 heterocycles. The summed E-state index contributed by atoms with van der Waals surface area (Å²) in [5.41, 5.74) is -1.22. The number of hydrogen-bond acceptors (Lipinski definition) is 6. The first-order chi connectivity index (χ1) is 21.0. The first-order valence-corrected chi connectivity index (χ1v) is 18.2. The molecule has 0 aliphatic heterocycles. The largest absolute Gasteiger partial charge is 0.389 e. The first-order valence-electron chi connectivity index (χ1n) is 18.2. The minimum Gasteiger partial charge on any atom is -0.389 e. The summed E-state index contributed by atoms with van der Waals surface area (Å²) in [6, 6.07) is 0. The molecule has 0 aromatic carbocycles. The molecule has 248 valence electrons. The Morgan fingerprint density at radius 3 is 1.76 bits per heavy atom. The zero-order chi connectivity index (χ0) is 32.4. The van der Waals surface area contributed by atoms with Crippen molar-refractivity contribution >= 4 is 23.1 Å². The molecule has 0 radical (unpaired) electrons. The molecular formula is C39H56O6. The zero-order valence-corrected chi connectivity index (χ0v) is 28.4. The molecule has 0 unspecified atom stereocenters. The Bertz CT molecular complexity index is 1380. The zero-order valence-electron chi connectivity index (χ0n) is 28.4. The second kappa shape index (κ2) is 9.94. The lowest BCUT2D eigenvalue weighted by Crippen LogP contribution is -2.68. The van der Waals surface area contributed by atoms with Gasteiger partial charge in [-0.2, -0.15) is 0 Å². The maximum atomic E-state index is 12.5. The van der Waals surface area contributed by atoms with E-state index >= 15 is 0 Å². The van der Waals surface area contributed by atoms with Crippen LogP contribution >= 0.6 is 0 Å². The second-order valence-corrected chi connectivity index (χ2v) is 18.2. The van der Waals surface area contributed by atoms with Crippen LogP contribution in [0.25, 0.3) is 0 Å². The molecule has 8 aliphatic rings. The van der Waals surface area contributed by atoms with Gasteiger partial charge in [0, 0.05) is 53.8 Å². The minimum absolute atomic E-state index is 0.0794. The summed E-state index contributed by atoms with van der Waals surface area (Å²) in [4.78, 5) is 48.7. The van der Waals surface area contributed by atoms with E-state index in [0.717, 1.165) is 76.2 Å². The number of carbonyl (C=O) groups excluding carboxylic acids is 4. The Kier molecular flexibility index (Phi) is 7.05. The van der Waals surface area contributed by atoms with Crippen LogP contribution in [-0.2, 0) is 19.2 Å². The fraction of sp³-hybridized carbons (Fsp3) is 0.846. The van der Waals surface area contributed by atoms with Crippen molar-refractivity contribution < 1.29 is 29.4 Å². The van der Waals surface area contributed by atoms with Gasteiger partial charge in [0.15, 0.2) is 5.78 Å². The molecule has 8 rings (SSSR count). The average Bonchev–Trinajstić information content (AvgIpc) is 3.46. The van der Waals surface area contributed by atoms with Crippen LogP contribution in [0, 0.1) is 50.7 Å². The number of rotatable bonds is 0. The average molecular weight is 621 g/mol. The van der Waals surface area contributed by atoms with Gasteiger partial charge in [0.05, 0.1) is 11.2 Å². The summed E-state index contributed by atoms with van der Waals surface area (Å²) >= 11 is 0. The van der Waals surface area contributed by atoms with Crippen molar-refractivity contribution in [1.82, 2.24) is 0 Å². The summed E-state index contributed by atoms with van der Waals surface area (Å²) in [6.45, 7) is 10.9. The molecular weight excluding hydrogens is 564 g/mol. The van der Waals surface area contributed by atoms with E-state index in [1.165, 1.54) is 0 Å². The van der Waals surface area contributed by atoms with Crippen LogP contribution < -0.4 is 0 Å². The maximum Gasteiger partial charge on any atom is 0.155 e. The Morgan fingerprint density at radius 2 is 1.13 bits per heavy atom. The van der Waals surface area contributed by atoms with Gasteiger partial charge in [-0.05, 0) is 112 Å². The molecule has 2 N–H and O–H groups in total. The van der Waals surface area contributed by atoms with E-state index in [0.29, 0.717) is 67.7 Å². The number of fused-ring (bicyclic) bond motifs is 10. The quantitative estimate of drug-likeness (QED) is 0.306. The van der Waals surface area contributed by atoms with Crippen LogP contribution in [0.4, 0.5) is 0 Å². The molecule has 6 nitrogen and oxygen atoms in total. The fourth-order valence-electron chi connectivity index (χ4n) is 13.4. The summed E-state index contributed by atoms with van der Waals surface area (Å²) in [5.74, 6) is 2.52. The van der Waals surface area contributed by atoms with Gasteiger partial charge in [-0.3, -0.25) is 19.2 Å². The molecule has 8 aliphatic carbocycles. The van der Waals surface area contributed by atoms with Gasteiger partial charge in [-0.1, -0.05) is 40.2 Å². The van der Waals surface area contributed by atoms with Gasteiger partial charge >= 0.3 is 0 Å². The van der Waals surface area contributed by atoms with E-state index in [4.69, 9.17) is 0 Å². The van der Waals surface area contributed by atoms with Crippen molar-refractivity contribution in [3.8, 4) is 0 Å². The number of hydrogen-bond donors (Lipinski definition) is 2. The molecule has 11 atom stereocenters. The topological polar surface area (TPSA) is 109 Å². The molecule has 0 aromatic heterocycles. The molecule has 45 heavy (non-hydrogen) atoms. The highest BCUT2D eigenvalue weighted by molar-refractivity contribution is 5.92. The van der Waals surface area contributed by atoms with Crippen molar-refractivity contribution in [3.05, 3.63) is 11.6 Å². The smallest absolute Gasteiger partial charge is 0.155 e. The predicted molar refractivity (Wildman–Crippen MR) is 171 cm³/mol. The minimum atomic E-state index is -0.730. The Balaban J connectivity index is 0.000000145. The lowest BCUT2D eigenvalue weighted by atomic mass is 9.38. The number of ketones is 4. The summed E-state index contributed by atoms with van der Waals surface area (Å²) in [6.07, 6.45) is 15.4. The van der Waals surface area contributed by atoms with Gasteiger partial charge in [0.25, 0.3) is 0 Å². The molecule has 0 amide bonds. The van der Waals surface area contributed by atoms with Crippen LogP contribution in [0.1, 0.15) is 144 Å². The van der Waals surface area contributed by atoms with Crippen LogP contribution in [0.3, 0.4) is 0 Å². The number of Topliss-reactive ketones (excluding diaryl/α,β-unsaturated/α-hetero) is 3. The van der Waals surface area contributed by atoms with Gasteiger partial charge in [0.2, 0.25) is 0 Å². The third kappa shape index (κ3) is 3.99. The lowest BCUT2D eigenvalue weighted by molar-refractivity contribution is -0.253. The molecule has 6 heteroatoms. The number of aliphatic hydroxyl groups is 2. The van der Waals surface area contributed by atoms with Crippen LogP contribution in [0.2, 0.25) is 0 Å². The fourth-order valence-corrected chi connectivity index (χ4v) is 13.4. The maximum absolute atomic E-state index is 12.5. The molecule has 0 bridgehead atoms. The molecule has 7 fully saturated rings. The van der Waals surface area contributed by atoms with Gasteiger partial charge < -0.3 is 10.2 Å². The summed E-state index contributed by atoms with van der Waals surface area (Å²) < 4.78 is 0. The van der Waals surface area contributed by atoms with E-state index in [-0.39, 0.29) is 44.7 Å². The highest BCUT2D eigenvalue weighted by atomic mass is 16.3. The van der Waals surface area contributed by atoms with Gasteiger partial charge in [0.1, 0.15) is 17.3 Å². The summed E-state index contributed by atoms with van der Waals surface area (Å²) in [7, 11) is 0.